The second kappa shape index (κ2) is 11.3. The molecule has 1 amide bonds. The third kappa shape index (κ3) is 6.92. The van der Waals surface area contributed by atoms with E-state index in [4.69, 9.17) is 9.47 Å². The maximum absolute atomic E-state index is 12.5. The lowest BCUT2D eigenvalue weighted by atomic mass is 9.98. The number of hydrogen-bond acceptors (Lipinski definition) is 5. The van der Waals surface area contributed by atoms with Crippen LogP contribution >= 0.6 is 0 Å². The standard InChI is InChI=1S/C28H35NO5/c1-19(30)25(16-6-5-7-17-26(31)34-28(2,3)4)29-27(32)33-18-24-22-14-10-8-12-20(22)21-13-9-11-15-23(21)24/h8-15,24-25H,5-7,16-18H2,1-4H3,(H,29,32). The van der Waals surface area contributed by atoms with E-state index in [-0.39, 0.29) is 24.3 Å². The van der Waals surface area contributed by atoms with Gasteiger partial charge in [0.15, 0.2) is 5.78 Å². The molecule has 1 N–H and O–H groups in total. The number of alkyl carbamates (subject to hydrolysis) is 1. The summed E-state index contributed by atoms with van der Waals surface area (Å²) in [6.45, 7) is 7.21. The molecule has 2 aromatic carbocycles. The molecular weight excluding hydrogens is 430 g/mol. The third-order valence-corrected chi connectivity index (χ3v) is 5.92. The number of carbonyl (C=O) groups excluding carboxylic acids is 3. The van der Waals surface area contributed by atoms with Gasteiger partial charge in [-0.05, 0) is 62.8 Å². The maximum atomic E-state index is 12.5. The molecule has 6 nitrogen and oxygen atoms in total. The molecule has 0 heterocycles. The molecule has 1 unspecified atom stereocenters. The average molecular weight is 466 g/mol. The van der Waals surface area contributed by atoms with Gasteiger partial charge in [0.25, 0.3) is 0 Å². The smallest absolute Gasteiger partial charge is 0.407 e. The van der Waals surface area contributed by atoms with Crippen LogP contribution in [-0.4, -0.2) is 36.1 Å². The Morgan fingerprint density at radius 1 is 0.912 bits per heavy atom. The van der Waals surface area contributed by atoms with Crippen LogP contribution < -0.4 is 5.32 Å². The van der Waals surface area contributed by atoms with Gasteiger partial charge in [0.2, 0.25) is 0 Å². The SMILES string of the molecule is CC(=O)C(CCCCCC(=O)OC(C)(C)C)NC(=O)OCC1c2ccccc2-c2ccccc21. The number of unbranched alkanes of at least 4 members (excludes halogenated alkanes) is 2. The van der Waals surface area contributed by atoms with E-state index >= 15 is 0 Å². The molecule has 1 aliphatic carbocycles. The normalized spacial score (nSPS) is 13.5. The van der Waals surface area contributed by atoms with E-state index in [1.165, 1.54) is 18.1 Å². The number of carbonyl (C=O) groups is 3. The summed E-state index contributed by atoms with van der Waals surface area (Å²) in [4.78, 5) is 36.3. The first-order valence-electron chi connectivity index (χ1n) is 12.0. The van der Waals surface area contributed by atoms with E-state index in [1.54, 1.807) is 0 Å². The van der Waals surface area contributed by atoms with Gasteiger partial charge in [-0.2, -0.15) is 0 Å². The number of nitrogens with one attached hydrogen (secondary N) is 1. The highest BCUT2D eigenvalue weighted by Crippen LogP contribution is 2.44. The lowest BCUT2D eigenvalue weighted by Gasteiger charge is -2.19. The molecule has 1 aliphatic rings. The van der Waals surface area contributed by atoms with Crippen LogP contribution in [0.25, 0.3) is 11.1 Å². The van der Waals surface area contributed by atoms with Gasteiger partial charge in [-0.15, -0.1) is 0 Å². The number of benzene rings is 2. The second-order valence-electron chi connectivity index (χ2n) is 9.82. The number of hydrogen-bond donors (Lipinski definition) is 1. The molecule has 0 spiro atoms. The molecule has 34 heavy (non-hydrogen) atoms. The van der Waals surface area contributed by atoms with Crippen LogP contribution in [0, 0.1) is 0 Å². The zero-order chi connectivity index (χ0) is 24.7. The Bertz CT molecular complexity index is 978. The summed E-state index contributed by atoms with van der Waals surface area (Å²) in [6.07, 6.45) is 2.45. The molecule has 0 radical (unpaired) electrons. The summed E-state index contributed by atoms with van der Waals surface area (Å²) in [5.74, 6) is -0.352. The lowest BCUT2D eigenvalue weighted by Crippen LogP contribution is -2.40. The molecule has 1 atom stereocenters. The minimum Gasteiger partial charge on any atom is -0.460 e. The molecule has 0 fully saturated rings. The number of rotatable bonds is 10. The Morgan fingerprint density at radius 2 is 1.50 bits per heavy atom. The Balaban J connectivity index is 1.46. The molecule has 0 saturated carbocycles. The summed E-state index contributed by atoms with van der Waals surface area (Å²) >= 11 is 0. The minimum atomic E-state index is -0.600. The average Bonchev–Trinajstić information content (AvgIpc) is 3.09. The Kier molecular flexibility index (Phi) is 8.48. The second-order valence-corrected chi connectivity index (χ2v) is 9.82. The Morgan fingerprint density at radius 3 is 2.06 bits per heavy atom. The Hall–Kier alpha value is -3.15. The number of ether oxygens (including phenoxy) is 2. The molecule has 0 saturated heterocycles. The largest absolute Gasteiger partial charge is 0.460 e. The molecule has 0 bridgehead atoms. The van der Waals surface area contributed by atoms with Gasteiger partial charge in [0, 0.05) is 12.3 Å². The monoisotopic (exact) mass is 465 g/mol. The predicted molar refractivity (Wildman–Crippen MR) is 132 cm³/mol. The quantitative estimate of drug-likeness (QED) is 0.356. The summed E-state index contributed by atoms with van der Waals surface area (Å²) in [7, 11) is 0. The van der Waals surface area contributed by atoms with E-state index in [9.17, 15) is 14.4 Å². The first-order valence-corrected chi connectivity index (χ1v) is 12.0. The fraction of sp³-hybridized carbons (Fsp3) is 0.464. The molecule has 3 rings (SSSR count). The first-order chi connectivity index (χ1) is 16.2. The van der Waals surface area contributed by atoms with Crippen molar-refractivity contribution in [2.45, 2.75) is 77.4 Å². The number of esters is 1. The van der Waals surface area contributed by atoms with Crippen molar-refractivity contribution in [2.75, 3.05) is 6.61 Å². The van der Waals surface area contributed by atoms with Crippen LogP contribution in [0.4, 0.5) is 4.79 Å². The molecule has 0 aliphatic heterocycles. The number of amides is 1. The summed E-state index contributed by atoms with van der Waals surface area (Å²) in [6, 6.07) is 15.7. The highest BCUT2D eigenvalue weighted by atomic mass is 16.6. The van der Waals surface area contributed by atoms with Gasteiger partial charge in [-0.25, -0.2) is 4.79 Å². The van der Waals surface area contributed by atoms with E-state index in [0.29, 0.717) is 19.3 Å². The number of ketones is 1. The number of fused-ring (bicyclic) bond motifs is 3. The summed E-state index contributed by atoms with van der Waals surface area (Å²) < 4.78 is 10.9. The fourth-order valence-electron chi connectivity index (χ4n) is 4.35. The molecular formula is C28H35NO5. The van der Waals surface area contributed by atoms with Crippen LogP contribution in [0.5, 0.6) is 0 Å². The molecule has 0 aromatic heterocycles. The summed E-state index contributed by atoms with van der Waals surface area (Å²) in [5.41, 5.74) is 4.14. The van der Waals surface area contributed by atoms with Crippen LogP contribution in [0.3, 0.4) is 0 Å². The van der Waals surface area contributed by atoms with Gasteiger partial charge >= 0.3 is 12.1 Å². The van der Waals surface area contributed by atoms with Crippen LogP contribution in [-0.2, 0) is 19.1 Å². The molecule has 182 valence electrons. The van der Waals surface area contributed by atoms with Crippen molar-refractivity contribution in [3.05, 3.63) is 59.7 Å². The third-order valence-electron chi connectivity index (χ3n) is 5.92. The topological polar surface area (TPSA) is 81.7 Å². The van der Waals surface area contributed by atoms with Crippen molar-refractivity contribution in [1.82, 2.24) is 5.32 Å². The van der Waals surface area contributed by atoms with E-state index in [0.717, 1.165) is 24.0 Å². The highest BCUT2D eigenvalue weighted by Gasteiger charge is 2.29. The predicted octanol–water partition coefficient (Wildman–Crippen LogP) is 5.77. The molecule has 2 aromatic rings. The van der Waals surface area contributed by atoms with Crippen molar-refractivity contribution in [3.8, 4) is 11.1 Å². The van der Waals surface area contributed by atoms with Gasteiger partial charge in [0.1, 0.15) is 12.2 Å². The van der Waals surface area contributed by atoms with E-state index in [2.05, 4.69) is 29.6 Å². The fourth-order valence-corrected chi connectivity index (χ4v) is 4.35. The van der Waals surface area contributed by atoms with Crippen molar-refractivity contribution in [1.29, 1.82) is 0 Å². The highest BCUT2D eigenvalue weighted by molar-refractivity contribution is 5.85. The maximum Gasteiger partial charge on any atom is 0.407 e. The van der Waals surface area contributed by atoms with Gasteiger partial charge in [-0.3, -0.25) is 9.59 Å². The first kappa shape index (κ1) is 25.5. The summed E-state index contributed by atoms with van der Waals surface area (Å²) in [5, 5.41) is 2.72. The van der Waals surface area contributed by atoms with Crippen molar-refractivity contribution < 1.29 is 23.9 Å². The van der Waals surface area contributed by atoms with Crippen molar-refractivity contribution in [3.63, 3.8) is 0 Å². The van der Waals surface area contributed by atoms with Gasteiger partial charge < -0.3 is 14.8 Å². The van der Waals surface area contributed by atoms with Crippen LogP contribution in [0.1, 0.15) is 76.8 Å². The number of Topliss-reactive ketones (excluding diaryl/α,β-unsaturated/α-hetero) is 1. The Labute approximate surface area is 202 Å². The van der Waals surface area contributed by atoms with E-state index < -0.39 is 17.7 Å². The van der Waals surface area contributed by atoms with Crippen LogP contribution in [0.15, 0.2) is 48.5 Å². The van der Waals surface area contributed by atoms with E-state index in [1.807, 2.05) is 45.0 Å². The van der Waals surface area contributed by atoms with Gasteiger partial charge in [0.05, 0.1) is 6.04 Å². The van der Waals surface area contributed by atoms with Crippen molar-refractivity contribution in [2.24, 2.45) is 0 Å². The zero-order valence-corrected chi connectivity index (χ0v) is 20.6. The molecule has 6 heteroatoms. The lowest BCUT2D eigenvalue weighted by molar-refractivity contribution is -0.154. The zero-order valence-electron chi connectivity index (χ0n) is 20.6. The van der Waals surface area contributed by atoms with Crippen molar-refractivity contribution >= 4 is 17.8 Å². The van der Waals surface area contributed by atoms with Gasteiger partial charge in [-0.1, -0.05) is 61.4 Å². The van der Waals surface area contributed by atoms with Crippen LogP contribution in [0.2, 0.25) is 0 Å². The minimum absolute atomic E-state index is 0.0261.